The Morgan fingerprint density at radius 2 is 1.38 bits per heavy atom. The van der Waals surface area contributed by atoms with E-state index in [0.29, 0.717) is 6.42 Å². The molecule has 9 N–H and O–H groups in total. The third-order valence-corrected chi connectivity index (χ3v) is 7.23. The first-order valence-electron chi connectivity index (χ1n) is 13.0. The molecule has 40 heavy (non-hydrogen) atoms. The number of phenols is 1. The Labute approximate surface area is 229 Å². The molecule has 3 heterocycles. The molecule has 0 amide bonds. The molecular weight excluding hydrogens is 540 g/mol. The molecule has 0 bridgehead atoms. The van der Waals surface area contributed by atoms with Crippen LogP contribution in [-0.4, -0.2) is 152 Å². The number of aliphatic hydroxyl groups excluding tert-OH is 8. The Morgan fingerprint density at radius 3 is 2.08 bits per heavy atom. The average Bonchev–Trinajstić information content (AvgIpc) is 2.93. The number of ether oxygens (including phenoxy) is 6. The van der Waals surface area contributed by atoms with Crippen molar-refractivity contribution < 1.29 is 74.4 Å². The van der Waals surface area contributed by atoms with Gasteiger partial charge in [-0.05, 0) is 31.0 Å². The number of rotatable bonds is 9. The lowest BCUT2D eigenvalue weighted by Crippen LogP contribution is -2.63. The van der Waals surface area contributed by atoms with E-state index in [-0.39, 0.29) is 19.0 Å². The predicted octanol–water partition coefficient (Wildman–Crippen LogP) is -3.93. The van der Waals surface area contributed by atoms with Gasteiger partial charge in [-0.15, -0.1) is 0 Å². The highest BCUT2D eigenvalue weighted by atomic mass is 16.7. The average molecular weight is 579 g/mol. The molecule has 15 nitrogen and oxygen atoms in total. The highest BCUT2D eigenvalue weighted by molar-refractivity contribution is 5.25. The van der Waals surface area contributed by atoms with Crippen molar-refractivity contribution in [2.75, 3.05) is 19.8 Å². The zero-order valence-electron chi connectivity index (χ0n) is 21.7. The van der Waals surface area contributed by atoms with Gasteiger partial charge in [0.05, 0.1) is 25.9 Å². The van der Waals surface area contributed by atoms with Crippen LogP contribution >= 0.6 is 0 Å². The zero-order valence-corrected chi connectivity index (χ0v) is 21.7. The van der Waals surface area contributed by atoms with Gasteiger partial charge in [-0.1, -0.05) is 12.1 Å². The zero-order chi connectivity index (χ0) is 29.1. The van der Waals surface area contributed by atoms with Gasteiger partial charge in [0.1, 0.15) is 66.8 Å². The van der Waals surface area contributed by atoms with E-state index in [1.165, 1.54) is 19.1 Å². The van der Waals surface area contributed by atoms with Gasteiger partial charge in [-0.3, -0.25) is 0 Å². The van der Waals surface area contributed by atoms with Crippen molar-refractivity contribution in [2.24, 2.45) is 0 Å². The monoisotopic (exact) mass is 578 g/mol. The lowest BCUT2D eigenvalue weighted by atomic mass is 9.98. The van der Waals surface area contributed by atoms with Crippen LogP contribution in [0.2, 0.25) is 0 Å². The maximum Gasteiger partial charge on any atom is 0.186 e. The summed E-state index contributed by atoms with van der Waals surface area (Å²) in [6, 6.07) is 6.43. The second-order valence-electron chi connectivity index (χ2n) is 10.2. The SMILES string of the molecule is CC1OC(OCC2OC(OCCc3ccc(O)cc3)C(O)C(O)C2O)C(O)C(OC2OCC(O)C(O)C2O)C1O. The largest absolute Gasteiger partial charge is 0.508 e. The van der Waals surface area contributed by atoms with Gasteiger partial charge in [-0.25, -0.2) is 0 Å². The van der Waals surface area contributed by atoms with Crippen molar-refractivity contribution in [1.82, 2.24) is 0 Å². The Kier molecular flexibility index (Phi) is 10.7. The highest BCUT2D eigenvalue weighted by Crippen LogP contribution is 2.29. The maximum absolute atomic E-state index is 10.8. The second-order valence-corrected chi connectivity index (χ2v) is 10.2. The Balaban J connectivity index is 1.33. The lowest BCUT2D eigenvalue weighted by molar-refractivity contribution is -0.353. The molecular formula is C25H38O15. The van der Waals surface area contributed by atoms with E-state index in [0.717, 1.165) is 5.56 Å². The van der Waals surface area contributed by atoms with Crippen LogP contribution in [0.3, 0.4) is 0 Å². The van der Waals surface area contributed by atoms with Gasteiger partial charge in [0.2, 0.25) is 0 Å². The Hall–Kier alpha value is -1.54. The summed E-state index contributed by atoms with van der Waals surface area (Å²) in [4.78, 5) is 0. The van der Waals surface area contributed by atoms with E-state index < -0.39 is 92.6 Å². The minimum absolute atomic E-state index is 0.0859. The number of hydrogen-bond donors (Lipinski definition) is 9. The van der Waals surface area contributed by atoms with Crippen LogP contribution in [-0.2, 0) is 34.8 Å². The first-order chi connectivity index (χ1) is 19.0. The summed E-state index contributed by atoms with van der Waals surface area (Å²) < 4.78 is 33.1. The smallest absolute Gasteiger partial charge is 0.186 e. The standard InChI is InChI=1S/C25H38O15/c1-10-15(28)22(40-24-19(32)16(29)13(27)8-36-24)21(34)25(38-10)37-9-14-17(30)18(31)20(33)23(39-14)35-7-6-11-2-4-12(26)5-3-11/h2-5,10,13-34H,6-9H2,1H3. The minimum atomic E-state index is -1.66. The summed E-state index contributed by atoms with van der Waals surface area (Å²) >= 11 is 0. The predicted molar refractivity (Wildman–Crippen MR) is 129 cm³/mol. The second kappa shape index (κ2) is 13.6. The lowest BCUT2D eigenvalue weighted by Gasteiger charge is -2.45. The van der Waals surface area contributed by atoms with E-state index in [1.807, 2.05) is 0 Å². The van der Waals surface area contributed by atoms with Crippen molar-refractivity contribution in [2.45, 2.75) is 99.4 Å². The molecule has 0 spiro atoms. The van der Waals surface area contributed by atoms with Crippen LogP contribution in [0.5, 0.6) is 5.75 Å². The van der Waals surface area contributed by atoms with Crippen LogP contribution in [0.15, 0.2) is 24.3 Å². The van der Waals surface area contributed by atoms with Gasteiger partial charge in [0, 0.05) is 0 Å². The molecule has 14 atom stereocenters. The number of aliphatic hydroxyl groups is 8. The van der Waals surface area contributed by atoms with Gasteiger partial charge in [-0.2, -0.15) is 0 Å². The number of benzene rings is 1. The molecule has 3 fully saturated rings. The van der Waals surface area contributed by atoms with Crippen molar-refractivity contribution in [3.8, 4) is 5.75 Å². The third kappa shape index (κ3) is 7.08. The molecule has 3 aliphatic rings. The third-order valence-electron chi connectivity index (χ3n) is 7.23. The number of phenolic OH excluding ortho intramolecular Hbond substituents is 1. The first-order valence-corrected chi connectivity index (χ1v) is 13.0. The summed E-state index contributed by atoms with van der Waals surface area (Å²) in [5.74, 6) is 0.114. The first kappa shape index (κ1) is 31.4. The van der Waals surface area contributed by atoms with Gasteiger partial charge < -0.3 is 74.4 Å². The summed E-state index contributed by atoms with van der Waals surface area (Å²) in [6.45, 7) is 0.775. The van der Waals surface area contributed by atoms with Crippen molar-refractivity contribution >= 4 is 0 Å². The topological polar surface area (TPSA) is 237 Å². The molecule has 3 saturated heterocycles. The molecule has 14 unspecified atom stereocenters. The van der Waals surface area contributed by atoms with Gasteiger partial charge in [0.15, 0.2) is 18.9 Å². The summed E-state index contributed by atoms with van der Waals surface area (Å²) in [5.41, 5.74) is 0.844. The molecule has 0 aromatic heterocycles. The van der Waals surface area contributed by atoms with Gasteiger partial charge in [0.25, 0.3) is 0 Å². The van der Waals surface area contributed by atoms with Crippen molar-refractivity contribution in [1.29, 1.82) is 0 Å². The molecule has 1 aromatic rings. The van der Waals surface area contributed by atoms with E-state index >= 15 is 0 Å². The molecule has 228 valence electrons. The van der Waals surface area contributed by atoms with Crippen molar-refractivity contribution in [3.63, 3.8) is 0 Å². The molecule has 0 aliphatic carbocycles. The normalized spacial score (nSPS) is 44.4. The minimum Gasteiger partial charge on any atom is -0.508 e. The molecule has 0 radical (unpaired) electrons. The quantitative estimate of drug-likeness (QED) is 0.136. The fraction of sp³-hybridized carbons (Fsp3) is 0.760. The summed E-state index contributed by atoms with van der Waals surface area (Å²) in [6.07, 6.45) is -19.7. The fourth-order valence-corrected chi connectivity index (χ4v) is 4.69. The van der Waals surface area contributed by atoms with Crippen LogP contribution in [0, 0.1) is 0 Å². The summed E-state index contributed by atoms with van der Waals surface area (Å²) in [5, 5.41) is 91.5. The maximum atomic E-state index is 10.8. The van der Waals surface area contributed by atoms with Crippen molar-refractivity contribution in [3.05, 3.63) is 29.8 Å². The highest BCUT2D eigenvalue weighted by Gasteiger charge is 2.49. The fourth-order valence-electron chi connectivity index (χ4n) is 4.69. The molecule has 1 aromatic carbocycles. The van der Waals surface area contributed by atoms with E-state index in [2.05, 4.69) is 0 Å². The molecule has 0 saturated carbocycles. The van der Waals surface area contributed by atoms with Gasteiger partial charge >= 0.3 is 0 Å². The van der Waals surface area contributed by atoms with E-state index in [4.69, 9.17) is 28.4 Å². The van der Waals surface area contributed by atoms with Crippen LogP contribution in [0.4, 0.5) is 0 Å². The van der Waals surface area contributed by atoms with Crippen LogP contribution < -0.4 is 0 Å². The van der Waals surface area contributed by atoms with E-state index in [1.54, 1.807) is 12.1 Å². The van der Waals surface area contributed by atoms with Crippen LogP contribution in [0.1, 0.15) is 12.5 Å². The molecule has 3 aliphatic heterocycles. The summed E-state index contributed by atoms with van der Waals surface area (Å²) in [7, 11) is 0. The number of aromatic hydroxyl groups is 1. The molecule has 15 heteroatoms. The molecule has 4 rings (SSSR count). The number of hydrogen-bond acceptors (Lipinski definition) is 15. The Bertz CT molecular complexity index is 920. The van der Waals surface area contributed by atoms with Crippen LogP contribution in [0.25, 0.3) is 0 Å². The van der Waals surface area contributed by atoms with E-state index in [9.17, 15) is 46.0 Å². The Morgan fingerprint density at radius 1 is 0.725 bits per heavy atom.